The van der Waals surface area contributed by atoms with Crippen molar-refractivity contribution in [2.45, 2.75) is 90.7 Å². The summed E-state index contributed by atoms with van der Waals surface area (Å²) in [6, 6.07) is 0.251. The van der Waals surface area contributed by atoms with Crippen LogP contribution >= 0.6 is 0 Å². The predicted molar refractivity (Wildman–Crippen MR) is 83.6 cm³/mol. The van der Waals surface area contributed by atoms with E-state index in [1.807, 2.05) is 6.92 Å². The van der Waals surface area contributed by atoms with E-state index in [2.05, 4.69) is 18.7 Å². The summed E-state index contributed by atoms with van der Waals surface area (Å²) < 4.78 is 0. The Hall–Kier alpha value is -0.570. The van der Waals surface area contributed by atoms with Gasteiger partial charge in [0.05, 0.1) is 6.10 Å². The zero-order valence-electron chi connectivity index (χ0n) is 13.6. The minimum atomic E-state index is -0.316. The second-order valence-electron chi connectivity index (χ2n) is 6.39. The van der Waals surface area contributed by atoms with E-state index in [1.54, 1.807) is 0 Å². The Labute approximate surface area is 124 Å². The zero-order valence-corrected chi connectivity index (χ0v) is 13.6. The minimum absolute atomic E-state index is 0.194. The fourth-order valence-corrected chi connectivity index (χ4v) is 3.43. The third-order valence-electron chi connectivity index (χ3n) is 4.40. The van der Waals surface area contributed by atoms with Gasteiger partial charge in [-0.2, -0.15) is 0 Å². The minimum Gasteiger partial charge on any atom is -0.393 e. The molecule has 1 fully saturated rings. The molecule has 0 bridgehead atoms. The van der Waals surface area contributed by atoms with Crippen LogP contribution in [-0.2, 0) is 4.79 Å². The van der Waals surface area contributed by atoms with Crippen LogP contribution in [0.3, 0.4) is 0 Å². The van der Waals surface area contributed by atoms with Crippen LogP contribution in [0.25, 0.3) is 0 Å². The van der Waals surface area contributed by atoms with Crippen LogP contribution in [0.4, 0.5) is 0 Å². The highest BCUT2D eigenvalue weighted by molar-refractivity contribution is 5.79. The molecule has 3 nitrogen and oxygen atoms in total. The number of rotatable bonds is 7. The van der Waals surface area contributed by atoms with E-state index in [9.17, 15) is 9.90 Å². The number of aliphatic hydroxyl groups is 1. The molecule has 2 atom stereocenters. The summed E-state index contributed by atoms with van der Waals surface area (Å²) >= 11 is 0. The van der Waals surface area contributed by atoms with Crippen LogP contribution in [0, 0.1) is 5.92 Å². The molecule has 2 unspecified atom stereocenters. The maximum atomic E-state index is 12.9. The molecule has 1 aliphatic rings. The van der Waals surface area contributed by atoms with Crippen molar-refractivity contribution in [3.63, 3.8) is 0 Å². The molecule has 0 spiro atoms. The molecular weight excluding hydrogens is 250 g/mol. The Morgan fingerprint density at radius 2 is 1.85 bits per heavy atom. The molecule has 0 aromatic rings. The van der Waals surface area contributed by atoms with Crippen LogP contribution in [0.5, 0.6) is 0 Å². The summed E-state index contributed by atoms with van der Waals surface area (Å²) in [4.78, 5) is 15.0. The van der Waals surface area contributed by atoms with E-state index in [0.29, 0.717) is 5.91 Å². The van der Waals surface area contributed by atoms with E-state index in [1.165, 1.54) is 12.8 Å². The second-order valence-corrected chi connectivity index (χ2v) is 6.39. The van der Waals surface area contributed by atoms with Crippen molar-refractivity contribution in [2.24, 2.45) is 5.92 Å². The fraction of sp³-hybridized carbons (Fsp3) is 0.941. The highest BCUT2D eigenvalue weighted by atomic mass is 16.3. The van der Waals surface area contributed by atoms with Gasteiger partial charge in [-0.1, -0.05) is 39.5 Å². The van der Waals surface area contributed by atoms with Crippen LogP contribution in [0.2, 0.25) is 0 Å². The van der Waals surface area contributed by atoms with Gasteiger partial charge < -0.3 is 10.0 Å². The summed E-state index contributed by atoms with van der Waals surface area (Å²) in [6.07, 6.45) is 9.15. The SMILES string of the molecule is CCCC(CCC)C(=O)N1CCCCCC1CC(C)O. The molecule has 0 aliphatic carbocycles. The number of carbonyl (C=O) groups is 1. The lowest BCUT2D eigenvalue weighted by Gasteiger charge is -2.34. The van der Waals surface area contributed by atoms with Gasteiger partial charge >= 0.3 is 0 Å². The van der Waals surface area contributed by atoms with E-state index >= 15 is 0 Å². The van der Waals surface area contributed by atoms with Crippen molar-refractivity contribution in [3.8, 4) is 0 Å². The molecule has 1 rings (SSSR count). The Morgan fingerprint density at radius 3 is 2.40 bits per heavy atom. The molecule has 0 saturated carbocycles. The molecule has 0 aromatic heterocycles. The Bertz CT molecular complexity index is 272. The lowest BCUT2D eigenvalue weighted by atomic mass is 9.94. The average molecular weight is 283 g/mol. The van der Waals surface area contributed by atoms with Crippen molar-refractivity contribution < 1.29 is 9.90 Å². The summed E-state index contributed by atoms with van der Waals surface area (Å²) in [5.41, 5.74) is 0. The molecular formula is C17H33NO2. The smallest absolute Gasteiger partial charge is 0.225 e. The van der Waals surface area contributed by atoms with E-state index < -0.39 is 0 Å². The zero-order chi connectivity index (χ0) is 15.0. The Balaban J connectivity index is 2.76. The highest BCUT2D eigenvalue weighted by Gasteiger charge is 2.30. The van der Waals surface area contributed by atoms with E-state index in [0.717, 1.165) is 51.5 Å². The molecule has 1 saturated heterocycles. The topological polar surface area (TPSA) is 40.5 Å². The first-order chi connectivity index (χ1) is 9.60. The molecule has 118 valence electrons. The molecule has 3 heteroatoms. The number of likely N-dealkylation sites (tertiary alicyclic amines) is 1. The Kier molecular flexibility index (Phi) is 8.20. The number of hydrogen-bond donors (Lipinski definition) is 1. The standard InChI is InChI=1S/C17H33NO2/c1-4-9-15(10-5-2)17(20)18-12-8-6-7-11-16(18)13-14(3)19/h14-16,19H,4-13H2,1-3H3. The van der Waals surface area contributed by atoms with Gasteiger partial charge in [0.2, 0.25) is 5.91 Å². The van der Waals surface area contributed by atoms with Gasteiger partial charge in [0, 0.05) is 18.5 Å². The Morgan fingerprint density at radius 1 is 1.20 bits per heavy atom. The largest absolute Gasteiger partial charge is 0.393 e. The van der Waals surface area contributed by atoms with Crippen molar-refractivity contribution in [3.05, 3.63) is 0 Å². The van der Waals surface area contributed by atoms with Crippen molar-refractivity contribution in [2.75, 3.05) is 6.54 Å². The predicted octanol–water partition coefficient (Wildman–Crippen LogP) is 3.74. The van der Waals surface area contributed by atoms with Gasteiger partial charge in [0.15, 0.2) is 0 Å². The first kappa shape index (κ1) is 17.5. The molecule has 0 aromatic carbocycles. The molecule has 20 heavy (non-hydrogen) atoms. The molecule has 1 amide bonds. The summed E-state index contributed by atoms with van der Waals surface area (Å²) in [6.45, 7) is 7.04. The van der Waals surface area contributed by atoms with Gasteiger partial charge in [-0.15, -0.1) is 0 Å². The van der Waals surface area contributed by atoms with Crippen molar-refractivity contribution >= 4 is 5.91 Å². The van der Waals surface area contributed by atoms with Gasteiger partial charge in [0.1, 0.15) is 0 Å². The van der Waals surface area contributed by atoms with E-state index in [-0.39, 0.29) is 18.1 Å². The third kappa shape index (κ3) is 5.43. The molecule has 1 aliphatic heterocycles. The number of amides is 1. The van der Waals surface area contributed by atoms with Gasteiger partial charge in [-0.25, -0.2) is 0 Å². The first-order valence-corrected chi connectivity index (χ1v) is 8.58. The van der Waals surface area contributed by atoms with E-state index in [4.69, 9.17) is 0 Å². The first-order valence-electron chi connectivity index (χ1n) is 8.58. The molecule has 0 radical (unpaired) electrons. The summed E-state index contributed by atoms with van der Waals surface area (Å²) in [7, 11) is 0. The quantitative estimate of drug-likeness (QED) is 0.773. The summed E-state index contributed by atoms with van der Waals surface area (Å²) in [5, 5.41) is 9.70. The second kappa shape index (κ2) is 9.38. The van der Waals surface area contributed by atoms with Crippen LogP contribution in [0.15, 0.2) is 0 Å². The fourth-order valence-electron chi connectivity index (χ4n) is 3.43. The van der Waals surface area contributed by atoms with Crippen molar-refractivity contribution in [1.82, 2.24) is 4.90 Å². The number of hydrogen-bond acceptors (Lipinski definition) is 2. The monoisotopic (exact) mass is 283 g/mol. The van der Waals surface area contributed by atoms with Gasteiger partial charge in [-0.05, 0) is 39.0 Å². The number of carbonyl (C=O) groups excluding carboxylic acids is 1. The van der Waals surface area contributed by atoms with Crippen LogP contribution < -0.4 is 0 Å². The van der Waals surface area contributed by atoms with Gasteiger partial charge in [0.25, 0.3) is 0 Å². The van der Waals surface area contributed by atoms with Crippen LogP contribution in [0.1, 0.15) is 78.6 Å². The maximum Gasteiger partial charge on any atom is 0.225 e. The summed E-state index contributed by atoms with van der Waals surface area (Å²) in [5.74, 6) is 0.542. The molecule has 1 heterocycles. The maximum absolute atomic E-state index is 12.9. The number of aliphatic hydroxyl groups excluding tert-OH is 1. The lowest BCUT2D eigenvalue weighted by molar-refractivity contribution is -0.139. The number of nitrogens with zero attached hydrogens (tertiary/aromatic N) is 1. The molecule has 1 N–H and O–H groups in total. The lowest BCUT2D eigenvalue weighted by Crippen LogP contribution is -2.44. The highest BCUT2D eigenvalue weighted by Crippen LogP contribution is 2.25. The normalized spacial score (nSPS) is 21.9. The average Bonchev–Trinajstić information content (AvgIpc) is 2.62. The van der Waals surface area contributed by atoms with Gasteiger partial charge in [-0.3, -0.25) is 4.79 Å². The van der Waals surface area contributed by atoms with Crippen LogP contribution in [-0.4, -0.2) is 34.6 Å². The van der Waals surface area contributed by atoms with Crippen molar-refractivity contribution in [1.29, 1.82) is 0 Å². The third-order valence-corrected chi connectivity index (χ3v) is 4.40.